The Labute approximate surface area is 90.1 Å². The Morgan fingerprint density at radius 1 is 1.43 bits per heavy atom. The van der Waals surface area contributed by atoms with Gasteiger partial charge < -0.3 is 4.90 Å². The second-order valence-corrected chi connectivity index (χ2v) is 5.08. The topological polar surface area (TPSA) is 6.48 Å². The van der Waals surface area contributed by atoms with Gasteiger partial charge in [-0.2, -0.15) is 0 Å². The smallest absolute Gasteiger partial charge is 0.0170 e. The molecule has 0 unspecified atom stereocenters. The average molecular weight is 214 g/mol. The van der Waals surface area contributed by atoms with Crippen LogP contribution in [0.2, 0.25) is 0 Å². The summed E-state index contributed by atoms with van der Waals surface area (Å²) in [6.07, 6.45) is 1.20. The van der Waals surface area contributed by atoms with Gasteiger partial charge in [0.25, 0.3) is 0 Å². The van der Waals surface area contributed by atoms with Crippen molar-refractivity contribution in [3.8, 4) is 0 Å². The zero-order chi connectivity index (χ0) is 10.6. The van der Waals surface area contributed by atoms with Gasteiger partial charge in [0, 0.05) is 31.6 Å². The van der Waals surface area contributed by atoms with Crippen molar-refractivity contribution in [2.24, 2.45) is 5.92 Å². The van der Waals surface area contributed by atoms with Gasteiger partial charge in [-0.1, -0.05) is 22.1 Å². The van der Waals surface area contributed by atoms with Crippen LogP contribution in [0.3, 0.4) is 0 Å². The fourth-order valence-electron chi connectivity index (χ4n) is 2.20. The van der Waals surface area contributed by atoms with Gasteiger partial charge in [0.15, 0.2) is 0 Å². The molecule has 0 aromatic heterocycles. The molecule has 0 amide bonds. The molecule has 14 heavy (non-hydrogen) atoms. The van der Waals surface area contributed by atoms with Crippen LogP contribution in [0.1, 0.15) is 20.3 Å². The lowest BCUT2D eigenvalue weighted by Gasteiger charge is -2.39. The molecule has 0 aliphatic carbocycles. The third kappa shape index (κ3) is 3.05. The molecule has 2 nitrogen and oxygen atoms in total. The van der Waals surface area contributed by atoms with E-state index in [1.54, 1.807) is 5.42 Å². The standard InChI is InChI=1S/C11H23N2P/c1-5-11(14-4)13(6-2)9-10-7-12(3)8-10/h10H,5-9H2,1-4H3. The van der Waals surface area contributed by atoms with Gasteiger partial charge in [-0.05, 0) is 26.1 Å². The summed E-state index contributed by atoms with van der Waals surface area (Å²) in [5.74, 6) is 0.906. The number of hydrogen-bond donors (Lipinski definition) is 0. The number of likely N-dealkylation sites (tertiary alicyclic amines) is 1. The first-order valence-corrected chi connectivity index (χ1v) is 6.94. The van der Waals surface area contributed by atoms with Gasteiger partial charge in [0.05, 0.1) is 0 Å². The maximum absolute atomic E-state index is 2.57. The molecule has 0 saturated carbocycles. The quantitative estimate of drug-likeness (QED) is 0.646. The SMILES string of the molecule is CCC(=PC)N(CC)CC1CN(C)C1. The number of nitrogens with zero attached hydrogens (tertiary/aromatic N) is 2. The predicted octanol–water partition coefficient (Wildman–Crippen LogP) is 1.99. The summed E-state index contributed by atoms with van der Waals surface area (Å²) < 4.78 is 0. The van der Waals surface area contributed by atoms with E-state index in [1.165, 1.54) is 40.8 Å². The second-order valence-electron chi connectivity index (χ2n) is 4.12. The lowest BCUT2D eigenvalue weighted by molar-refractivity contribution is 0.113. The van der Waals surface area contributed by atoms with Crippen LogP contribution in [0, 0.1) is 5.92 Å². The van der Waals surface area contributed by atoms with Crippen LogP contribution in [-0.2, 0) is 0 Å². The minimum absolute atomic E-state index is 0.906. The maximum Gasteiger partial charge on any atom is 0.0170 e. The Balaban J connectivity index is 2.38. The Bertz CT molecular complexity index is 197. The molecule has 1 fully saturated rings. The Morgan fingerprint density at radius 3 is 2.43 bits per heavy atom. The van der Waals surface area contributed by atoms with Gasteiger partial charge in [-0.25, -0.2) is 0 Å². The highest BCUT2D eigenvalue weighted by Gasteiger charge is 2.25. The van der Waals surface area contributed by atoms with Crippen molar-refractivity contribution in [2.75, 3.05) is 39.9 Å². The van der Waals surface area contributed by atoms with E-state index < -0.39 is 0 Å². The van der Waals surface area contributed by atoms with Crippen LogP contribution in [0.4, 0.5) is 0 Å². The monoisotopic (exact) mass is 214 g/mol. The lowest BCUT2D eigenvalue weighted by Crippen LogP contribution is -2.50. The summed E-state index contributed by atoms with van der Waals surface area (Å²) in [6, 6.07) is 0. The first kappa shape index (κ1) is 12.2. The van der Waals surface area contributed by atoms with Gasteiger partial charge >= 0.3 is 0 Å². The van der Waals surface area contributed by atoms with Crippen molar-refractivity contribution in [3.05, 3.63) is 0 Å². The summed E-state index contributed by atoms with van der Waals surface area (Å²) in [6.45, 7) is 11.8. The van der Waals surface area contributed by atoms with E-state index in [-0.39, 0.29) is 0 Å². The Morgan fingerprint density at radius 2 is 2.07 bits per heavy atom. The fourth-order valence-corrected chi connectivity index (χ4v) is 3.02. The second kappa shape index (κ2) is 5.85. The van der Waals surface area contributed by atoms with E-state index in [1.807, 2.05) is 0 Å². The van der Waals surface area contributed by atoms with Gasteiger partial charge in [0.1, 0.15) is 0 Å². The third-order valence-electron chi connectivity index (χ3n) is 2.94. The molecule has 3 heteroatoms. The van der Waals surface area contributed by atoms with E-state index in [9.17, 15) is 0 Å². The molecule has 0 aromatic carbocycles. The van der Waals surface area contributed by atoms with Crippen LogP contribution in [0.15, 0.2) is 0 Å². The molecule has 0 N–H and O–H groups in total. The van der Waals surface area contributed by atoms with Crippen LogP contribution in [0.25, 0.3) is 0 Å². The predicted molar refractivity (Wildman–Crippen MR) is 66.4 cm³/mol. The van der Waals surface area contributed by atoms with Gasteiger partial charge in [-0.3, -0.25) is 4.90 Å². The molecule has 0 radical (unpaired) electrons. The molecule has 82 valence electrons. The highest BCUT2D eigenvalue weighted by molar-refractivity contribution is 7.39. The fraction of sp³-hybridized carbons (Fsp3) is 0.909. The minimum Gasteiger partial charge on any atom is -0.306 e. The Hall–Kier alpha value is 0.0900. The largest absolute Gasteiger partial charge is 0.306 e. The summed E-state index contributed by atoms with van der Waals surface area (Å²) in [5.41, 5.74) is 1.60. The lowest BCUT2D eigenvalue weighted by atomic mass is 10.0. The molecule has 0 aromatic rings. The van der Waals surface area contributed by atoms with Crippen molar-refractivity contribution in [3.63, 3.8) is 0 Å². The number of hydrogen-bond acceptors (Lipinski definition) is 1. The minimum atomic E-state index is 0.906. The van der Waals surface area contributed by atoms with Crippen molar-refractivity contribution >= 4 is 13.6 Å². The summed E-state index contributed by atoms with van der Waals surface area (Å²) in [5, 5.41) is 0. The molecule has 0 bridgehead atoms. The highest BCUT2D eigenvalue weighted by atomic mass is 31.1. The van der Waals surface area contributed by atoms with Gasteiger partial charge in [0.2, 0.25) is 0 Å². The summed E-state index contributed by atoms with van der Waals surface area (Å²) in [4.78, 5) is 4.97. The van der Waals surface area contributed by atoms with E-state index in [2.05, 4.69) is 37.4 Å². The van der Waals surface area contributed by atoms with E-state index in [0.29, 0.717) is 0 Å². The zero-order valence-corrected chi connectivity index (χ0v) is 10.8. The van der Waals surface area contributed by atoms with Crippen molar-refractivity contribution in [2.45, 2.75) is 20.3 Å². The summed E-state index contributed by atoms with van der Waals surface area (Å²) >= 11 is 0. The highest BCUT2D eigenvalue weighted by Crippen LogP contribution is 2.16. The van der Waals surface area contributed by atoms with E-state index >= 15 is 0 Å². The maximum atomic E-state index is 2.57. The normalized spacial score (nSPS) is 20.2. The molecule has 1 saturated heterocycles. The van der Waals surface area contributed by atoms with Crippen LogP contribution in [0.5, 0.6) is 0 Å². The first-order chi connectivity index (χ1) is 6.71. The number of rotatable bonds is 5. The molecule has 0 atom stereocenters. The summed E-state index contributed by atoms with van der Waals surface area (Å²) in [7, 11) is 3.65. The van der Waals surface area contributed by atoms with Gasteiger partial charge in [-0.15, -0.1) is 0 Å². The van der Waals surface area contributed by atoms with E-state index in [0.717, 1.165) is 5.92 Å². The van der Waals surface area contributed by atoms with E-state index in [4.69, 9.17) is 0 Å². The molecular weight excluding hydrogens is 191 g/mol. The average Bonchev–Trinajstić information content (AvgIpc) is 2.15. The zero-order valence-electron chi connectivity index (χ0n) is 9.95. The molecular formula is C11H23N2P. The van der Waals surface area contributed by atoms with Crippen LogP contribution in [-0.4, -0.2) is 55.1 Å². The van der Waals surface area contributed by atoms with Crippen molar-refractivity contribution in [1.29, 1.82) is 0 Å². The first-order valence-electron chi connectivity index (χ1n) is 5.60. The molecule has 1 rings (SSSR count). The van der Waals surface area contributed by atoms with Crippen molar-refractivity contribution < 1.29 is 0 Å². The van der Waals surface area contributed by atoms with Crippen LogP contribution >= 0.6 is 8.20 Å². The molecule has 1 heterocycles. The van der Waals surface area contributed by atoms with Crippen molar-refractivity contribution in [1.82, 2.24) is 9.80 Å². The molecule has 1 aliphatic heterocycles. The third-order valence-corrected chi connectivity index (χ3v) is 4.05. The molecule has 1 aliphatic rings. The Kier molecular flexibility index (Phi) is 5.08. The molecule has 0 spiro atoms. The van der Waals surface area contributed by atoms with Crippen LogP contribution < -0.4 is 0 Å².